The number of fused-ring (bicyclic) bond motifs is 1. The fourth-order valence-corrected chi connectivity index (χ4v) is 2.25. The summed E-state index contributed by atoms with van der Waals surface area (Å²) in [6.45, 7) is 3.74. The van der Waals surface area contributed by atoms with Gasteiger partial charge in [0.15, 0.2) is 17.6 Å². The molecule has 1 atom stereocenters. The molecule has 114 valence electrons. The van der Waals surface area contributed by atoms with Crippen LogP contribution in [0.1, 0.15) is 12.5 Å². The smallest absolute Gasteiger partial charge is 0.161 e. The van der Waals surface area contributed by atoms with E-state index >= 15 is 0 Å². The highest BCUT2D eigenvalue weighted by molar-refractivity contribution is 5.79. The molecule has 0 radical (unpaired) electrons. The highest BCUT2D eigenvalue weighted by atomic mass is 16.6. The zero-order valence-corrected chi connectivity index (χ0v) is 12.6. The second-order valence-corrected chi connectivity index (χ2v) is 4.99. The van der Waals surface area contributed by atoms with Crippen LogP contribution in [0.2, 0.25) is 0 Å². The van der Waals surface area contributed by atoms with Gasteiger partial charge in [-0.05, 0) is 48.9 Å². The van der Waals surface area contributed by atoms with Crippen molar-refractivity contribution < 1.29 is 14.2 Å². The standard InChI is InChI=1S/C18H19NO3/c1-2-20-15-9-7-14(8-10-15)11-19-12-16-13-21-17-5-3-4-6-18(17)22-16/h3-11,16H,2,12-13H2,1H3. The Kier molecular flexibility index (Phi) is 4.59. The van der Waals surface area contributed by atoms with Crippen molar-refractivity contribution in [3.63, 3.8) is 0 Å². The van der Waals surface area contributed by atoms with E-state index < -0.39 is 0 Å². The molecular formula is C18H19NO3. The maximum atomic E-state index is 5.86. The first kappa shape index (κ1) is 14.4. The lowest BCUT2D eigenvalue weighted by atomic mass is 10.2. The van der Waals surface area contributed by atoms with Crippen molar-refractivity contribution in [2.45, 2.75) is 13.0 Å². The van der Waals surface area contributed by atoms with Gasteiger partial charge in [0, 0.05) is 6.21 Å². The van der Waals surface area contributed by atoms with Crippen LogP contribution < -0.4 is 14.2 Å². The fraction of sp³-hybridized carbons (Fsp3) is 0.278. The summed E-state index contributed by atoms with van der Waals surface area (Å²) in [6.07, 6.45) is 1.80. The van der Waals surface area contributed by atoms with E-state index in [4.69, 9.17) is 14.2 Å². The SMILES string of the molecule is CCOc1ccc(C=NCC2COc3ccccc3O2)cc1. The summed E-state index contributed by atoms with van der Waals surface area (Å²) in [5.74, 6) is 2.46. The van der Waals surface area contributed by atoms with Gasteiger partial charge in [-0.15, -0.1) is 0 Å². The van der Waals surface area contributed by atoms with Gasteiger partial charge in [-0.25, -0.2) is 0 Å². The maximum Gasteiger partial charge on any atom is 0.161 e. The first-order chi connectivity index (χ1) is 10.8. The highest BCUT2D eigenvalue weighted by Gasteiger charge is 2.19. The van der Waals surface area contributed by atoms with E-state index in [0.29, 0.717) is 19.8 Å². The number of nitrogens with zero attached hydrogens (tertiary/aromatic N) is 1. The summed E-state index contributed by atoms with van der Waals surface area (Å²) in [6, 6.07) is 15.6. The van der Waals surface area contributed by atoms with Crippen molar-refractivity contribution in [2.24, 2.45) is 4.99 Å². The van der Waals surface area contributed by atoms with Crippen LogP contribution >= 0.6 is 0 Å². The molecule has 1 heterocycles. The monoisotopic (exact) mass is 297 g/mol. The number of hydrogen-bond donors (Lipinski definition) is 0. The van der Waals surface area contributed by atoms with E-state index in [0.717, 1.165) is 22.8 Å². The molecule has 4 heteroatoms. The fourth-order valence-electron chi connectivity index (χ4n) is 2.25. The molecule has 2 aromatic rings. The Hall–Kier alpha value is -2.49. The number of para-hydroxylation sites is 2. The first-order valence-electron chi connectivity index (χ1n) is 7.46. The quantitative estimate of drug-likeness (QED) is 0.795. The molecule has 0 fully saturated rings. The average Bonchev–Trinajstić information content (AvgIpc) is 2.57. The maximum absolute atomic E-state index is 5.86. The van der Waals surface area contributed by atoms with Crippen LogP contribution in [0.15, 0.2) is 53.5 Å². The molecule has 22 heavy (non-hydrogen) atoms. The zero-order valence-electron chi connectivity index (χ0n) is 12.6. The molecule has 0 amide bonds. The van der Waals surface area contributed by atoms with Crippen LogP contribution in [-0.2, 0) is 0 Å². The predicted octanol–water partition coefficient (Wildman–Crippen LogP) is 3.34. The van der Waals surface area contributed by atoms with Gasteiger partial charge >= 0.3 is 0 Å². The molecule has 1 unspecified atom stereocenters. The Bertz CT molecular complexity index is 637. The first-order valence-corrected chi connectivity index (χ1v) is 7.46. The van der Waals surface area contributed by atoms with Crippen molar-refractivity contribution in [1.82, 2.24) is 0 Å². The Labute approximate surface area is 130 Å². The van der Waals surface area contributed by atoms with Crippen LogP contribution in [-0.4, -0.2) is 32.1 Å². The summed E-state index contributed by atoms with van der Waals surface area (Å²) >= 11 is 0. The molecule has 1 aliphatic rings. The highest BCUT2D eigenvalue weighted by Crippen LogP contribution is 2.30. The van der Waals surface area contributed by atoms with E-state index in [9.17, 15) is 0 Å². The van der Waals surface area contributed by atoms with Crippen LogP contribution in [0, 0.1) is 0 Å². The van der Waals surface area contributed by atoms with E-state index in [1.54, 1.807) is 0 Å². The number of benzene rings is 2. The van der Waals surface area contributed by atoms with Gasteiger partial charge in [0.25, 0.3) is 0 Å². The minimum atomic E-state index is -0.0474. The summed E-state index contributed by atoms with van der Waals surface area (Å²) < 4.78 is 16.9. The number of ether oxygens (including phenoxy) is 3. The Morgan fingerprint density at radius 2 is 1.91 bits per heavy atom. The molecule has 2 aromatic carbocycles. The van der Waals surface area contributed by atoms with Gasteiger partial charge in [0.2, 0.25) is 0 Å². The summed E-state index contributed by atoms with van der Waals surface area (Å²) in [5.41, 5.74) is 1.04. The zero-order chi connectivity index (χ0) is 15.2. The van der Waals surface area contributed by atoms with E-state index in [-0.39, 0.29) is 6.10 Å². The molecule has 0 bridgehead atoms. The second-order valence-electron chi connectivity index (χ2n) is 4.99. The number of aliphatic imine (C=N–C) groups is 1. The minimum absolute atomic E-state index is 0.0474. The molecule has 0 spiro atoms. The van der Waals surface area contributed by atoms with Crippen molar-refractivity contribution in [3.8, 4) is 17.2 Å². The Morgan fingerprint density at radius 3 is 2.68 bits per heavy atom. The minimum Gasteiger partial charge on any atom is -0.494 e. The van der Waals surface area contributed by atoms with Crippen LogP contribution in [0.5, 0.6) is 17.2 Å². The summed E-state index contributed by atoms with van der Waals surface area (Å²) in [5, 5.41) is 0. The summed E-state index contributed by atoms with van der Waals surface area (Å²) in [4.78, 5) is 4.44. The normalized spacial score (nSPS) is 16.7. The van der Waals surface area contributed by atoms with Gasteiger partial charge in [-0.2, -0.15) is 0 Å². The predicted molar refractivity (Wildman–Crippen MR) is 86.4 cm³/mol. The topological polar surface area (TPSA) is 40.0 Å². The van der Waals surface area contributed by atoms with Crippen molar-refractivity contribution in [2.75, 3.05) is 19.8 Å². The molecule has 0 saturated heterocycles. The molecule has 0 N–H and O–H groups in total. The van der Waals surface area contributed by atoms with Crippen molar-refractivity contribution >= 4 is 6.21 Å². The number of hydrogen-bond acceptors (Lipinski definition) is 4. The average molecular weight is 297 g/mol. The number of rotatable bonds is 5. The van der Waals surface area contributed by atoms with Crippen molar-refractivity contribution in [3.05, 3.63) is 54.1 Å². The van der Waals surface area contributed by atoms with E-state index in [1.807, 2.05) is 61.7 Å². The van der Waals surface area contributed by atoms with Crippen molar-refractivity contribution in [1.29, 1.82) is 0 Å². The lowest BCUT2D eigenvalue weighted by Crippen LogP contribution is -2.31. The molecular weight excluding hydrogens is 278 g/mol. The second kappa shape index (κ2) is 6.98. The molecule has 0 aromatic heterocycles. The van der Waals surface area contributed by atoms with Gasteiger partial charge in [-0.1, -0.05) is 12.1 Å². The third-order valence-corrected chi connectivity index (χ3v) is 3.31. The van der Waals surface area contributed by atoms with Gasteiger partial charge < -0.3 is 14.2 Å². The third kappa shape index (κ3) is 3.58. The lowest BCUT2D eigenvalue weighted by Gasteiger charge is -2.25. The molecule has 0 aliphatic carbocycles. The molecule has 4 nitrogen and oxygen atoms in total. The Morgan fingerprint density at radius 1 is 1.14 bits per heavy atom. The van der Waals surface area contributed by atoms with Crippen LogP contribution in [0.4, 0.5) is 0 Å². The molecule has 0 saturated carbocycles. The van der Waals surface area contributed by atoms with E-state index in [2.05, 4.69) is 4.99 Å². The molecule has 1 aliphatic heterocycles. The van der Waals surface area contributed by atoms with Gasteiger partial charge in [-0.3, -0.25) is 4.99 Å². The van der Waals surface area contributed by atoms with Gasteiger partial charge in [0.05, 0.1) is 13.2 Å². The van der Waals surface area contributed by atoms with Crippen LogP contribution in [0.3, 0.4) is 0 Å². The largest absolute Gasteiger partial charge is 0.494 e. The van der Waals surface area contributed by atoms with Crippen LogP contribution in [0.25, 0.3) is 0 Å². The lowest BCUT2D eigenvalue weighted by molar-refractivity contribution is 0.0973. The third-order valence-electron chi connectivity index (χ3n) is 3.31. The summed E-state index contributed by atoms with van der Waals surface area (Å²) in [7, 11) is 0. The Balaban J connectivity index is 1.54. The van der Waals surface area contributed by atoms with Gasteiger partial charge in [0.1, 0.15) is 12.4 Å². The van der Waals surface area contributed by atoms with E-state index in [1.165, 1.54) is 0 Å². The molecule has 3 rings (SSSR count).